The summed E-state index contributed by atoms with van der Waals surface area (Å²) in [6.07, 6.45) is 6.96. The highest BCUT2D eigenvalue weighted by atomic mass is 33.5. The Morgan fingerprint density at radius 3 is 2.67 bits per heavy atom. The van der Waals surface area contributed by atoms with Crippen LogP contribution in [0.5, 0.6) is 0 Å². The largest absolute Gasteiger partial charge is 0.316 e. The molecule has 0 aromatic heterocycles. The summed E-state index contributed by atoms with van der Waals surface area (Å²) in [6, 6.07) is 0. The van der Waals surface area contributed by atoms with Crippen molar-refractivity contribution in [2.75, 3.05) is 26.2 Å². The molecule has 15 heavy (non-hydrogen) atoms. The zero-order valence-corrected chi connectivity index (χ0v) is 11.6. The van der Waals surface area contributed by atoms with Gasteiger partial charge in [0.2, 0.25) is 0 Å². The SMILES string of the molecule is C1CCN(SSSC2CCCNC2)CC1. The molecule has 0 saturated carbocycles. The summed E-state index contributed by atoms with van der Waals surface area (Å²) in [5.74, 6) is 0. The topological polar surface area (TPSA) is 15.3 Å². The van der Waals surface area contributed by atoms with E-state index in [-0.39, 0.29) is 0 Å². The lowest BCUT2D eigenvalue weighted by Gasteiger charge is -2.26. The number of nitrogens with zero attached hydrogens (tertiary/aromatic N) is 1. The highest BCUT2D eigenvalue weighted by Crippen LogP contribution is 2.42. The highest BCUT2D eigenvalue weighted by Gasteiger charge is 2.16. The molecule has 0 amide bonds. The molecule has 2 aliphatic heterocycles. The first-order valence-corrected chi connectivity index (χ1v) is 9.41. The molecule has 1 N–H and O–H groups in total. The van der Waals surface area contributed by atoms with Crippen LogP contribution in [0.2, 0.25) is 0 Å². The second-order valence-corrected chi connectivity index (χ2v) is 8.52. The maximum Gasteiger partial charge on any atom is 0.0285 e. The Kier molecular flexibility index (Phi) is 6.07. The highest BCUT2D eigenvalue weighted by molar-refractivity contribution is 9.09. The minimum Gasteiger partial charge on any atom is -0.316 e. The summed E-state index contributed by atoms with van der Waals surface area (Å²) in [5.41, 5.74) is 0. The van der Waals surface area contributed by atoms with Crippen molar-refractivity contribution in [2.45, 2.75) is 37.4 Å². The Morgan fingerprint density at radius 2 is 1.93 bits per heavy atom. The molecule has 2 saturated heterocycles. The smallest absolute Gasteiger partial charge is 0.0285 e. The van der Waals surface area contributed by atoms with Crippen molar-refractivity contribution >= 4 is 31.6 Å². The van der Waals surface area contributed by atoms with Crippen LogP contribution in [0.4, 0.5) is 0 Å². The van der Waals surface area contributed by atoms with Crippen LogP contribution in [0.3, 0.4) is 0 Å². The molecular formula is C10H20N2S3. The van der Waals surface area contributed by atoms with Gasteiger partial charge in [-0.15, -0.1) is 0 Å². The zero-order chi connectivity index (χ0) is 10.3. The summed E-state index contributed by atoms with van der Waals surface area (Å²) < 4.78 is 2.53. The van der Waals surface area contributed by atoms with Gasteiger partial charge in [-0.3, -0.25) is 0 Å². The predicted octanol–water partition coefficient (Wildman–Crippen LogP) is 3.17. The average molecular weight is 264 g/mol. The van der Waals surface area contributed by atoms with Crippen LogP contribution < -0.4 is 5.32 Å². The van der Waals surface area contributed by atoms with E-state index in [1.807, 2.05) is 20.8 Å². The van der Waals surface area contributed by atoms with Crippen molar-refractivity contribution < 1.29 is 0 Å². The van der Waals surface area contributed by atoms with Gasteiger partial charge in [0.1, 0.15) is 0 Å². The van der Waals surface area contributed by atoms with Gasteiger partial charge in [-0.1, -0.05) is 17.2 Å². The van der Waals surface area contributed by atoms with Crippen LogP contribution >= 0.6 is 31.6 Å². The van der Waals surface area contributed by atoms with Gasteiger partial charge in [-0.25, -0.2) is 4.31 Å². The van der Waals surface area contributed by atoms with E-state index in [0.29, 0.717) is 0 Å². The van der Waals surface area contributed by atoms with Crippen molar-refractivity contribution in [3.8, 4) is 0 Å². The van der Waals surface area contributed by atoms with Gasteiger partial charge in [-0.05, 0) is 42.1 Å². The predicted molar refractivity (Wildman–Crippen MR) is 74.1 cm³/mol. The lowest BCUT2D eigenvalue weighted by molar-refractivity contribution is 0.384. The first-order valence-electron chi connectivity index (χ1n) is 5.91. The molecule has 0 aliphatic carbocycles. The lowest BCUT2D eigenvalue weighted by atomic mass is 10.2. The molecule has 2 fully saturated rings. The molecule has 2 nitrogen and oxygen atoms in total. The summed E-state index contributed by atoms with van der Waals surface area (Å²) in [6.45, 7) is 5.02. The quantitative estimate of drug-likeness (QED) is 0.618. The number of rotatable bonds is 4. The van der Waals surface area contributed by atoms with Gasteiger partial charge >= 0.3 is 0 Å². The van der Waals surface area contributed by atoms with E-state index in [0.717, 1.165) is 5.25 Å². The first-order chi connectivity index (χ1) is 7.45. The van der Waals surface area contributed by atoms with E-state index in [2.05, 4.69) is 20.4 Å². The summed E-state index contributed by atoms with van der Waals surface area (Å²) in [5, 5.41) is 4.30. The van der Waals surface area contributed by atoms with Crippen LogP contribution in [-0.2, 0) is 0 Å². The zero-order valence-electron chi connectivity index (χ0n) is 9.11. The van der Waals surface area contributed by atoms with E-state index in [1.54, 1.807) is 0 Å². The minimum absolute atomic E-state index is 0.834. The van der Waals surface area contributed by atoms with Crippen molar-refractivity contribution in [1.82, 2.24) is 9.62 Å². The van der Waals surface area contributed by atoms with E-state index < -0.39 is 0 Å². The third-order valence-corrected chi connectivity index (χ3v) is 7.39. The van der Waals surface area contributed by atoms with Crippen LogP contribution in [0.1, 0.15) is 32.1 Å². The maximum absolute atomic E-state index is 3.47. The molecule has 0 aromatic carbocycles. The standard InChI is InChI=1S/C10H20N2S3/c1-2-7-12(8-3-1)14-15-13-10-5-4-6-11-9-10/h10-11H,1-9H2. The monoisotopic (exact) mass is 264 g/mol. The molecule has 1 atom stereocenters. The van der Waals surface area contributed by atoms with Crippen LogP contribution in [0.15, 0.2) is 0 Å². The molecule has 0 bridgehead atoms. The van der Waals surface area contributed by atoms with Crippen molar-refractivity contribution in [3.63, 3.8) is 0 Å². The van der Waals surface area contributed by atoms with Gasteiger partial charge in [0.15, 0.2) is 0 Å². The molecular weight excluding hydrogens is 244 g/mol. The number of piperidine rings is 2. The summed E-state index contributed by atoms with van der Waals surface area (Å²) >= 11 is 0. The molecule has 1 unspecified atom stereocenters. The van der Waals surface area contributed by atoms with E-state index >= 15 is 0 Å². The molecule has 5 heteroatoms. The molecule has 2 heterocycles. The van der Waals surface area contributed by atoms with Crippen molar-refractivity contribution in [3.05, 3.63) is 0 Å². The second kappa shape index (κ2) is 7.33. The second-order valence-electron chi connectivity index (χ2n) is 4.20. The van der Waals surface area contributed by atoms with Gasteiger partial charge < -0.3 is 5.32 Å². The van der Waals surface area contributed by atoms with Crippen LogP contribution in [0.25, 0.3) is 0 Å². The maximum atomic E-state index is 3.47. The van der Waals surface area contributed by atoms with Gasteiger partial charge in [-0.2, -0.15) is 0 Å². The fourth-order valence-corrected chi connectivity index (χ4v) is 6.77. The number of nitrogens with one attached hydrogen (secondary N) is 1. The Balaban J connectivity index is 1.53. The van der Waals surface area contributed by atoms with E-state index in [4.69, 9.17) is 0 Å². The van der Waals surface area contributed by atoms with Gasteiger partial charge in [0, 0.05) is 35.9 Å². The van der Waals surface area contributed by atoms with Crippen LogP contribution in [-0.4, -0.2) is 35.7 Å². The average Bonchev–Trinajstić information content (AvgIpc) is 2.32. The fourth-order valence-electron chi connectivity index (χ4n) is 1.96. The summed E-state index contributed by atoms with van der Waals surface area (Å²) in [4.78, 5) is 0. The van der Waals surface area contributed by atoms with E-state index in [9.17, 15) is 0 Å². The Bertz CT molecular complexity index is 150. The number of hydrogen-bond donors (Lipinski definition) is 1. The fraction of sp³-hybridized carbons (Fsp3) is 1.00. The van der Waals surface area contributed by atoms with Gasteiger partial charge in [0.05, 0.1) is 0 Å². The van der Waals surface area contributed by atoms with E-state index in [1.165, 1.54) is 58.3 Å². The lowest BCUT2D eigenvalue weighted by Crippen LogP contribution is -2.31. The Hall–Kier alpha value is 0.970. The Morgan fingerprint density at radius 1 is 1.07 bits per heavy atom. The van der Waals surface area contributed by atoms with Crippen molar-refractivity contribution in [2.24, 2.45) is 0 Å². The molecule has 2 aliphatic rings. The van der Waals surface area contributed by atoms with Crippen molar-refractivity contribution in [1.29, 1.82) is 0 Å². The molecule has 2 rings (SSSR count). The summed E-state index contributed by atoms with van der Waals surface area (Å²) in [7, 11) is 6.03. The number of hydrogen-bond acceptors (Lipinski definition) is 5. The third kappa shape index (κ3) is 4.77. The minimum atomic E-state index is 0.834. The molecule has 88 valence electrons. The van der Waals surface area contributed by atoms with Gasteiger partial charge in [0.25, 0.3) is 0 Å². The third-order valence-electron chi connectivity index (χ3n) is 2.88. The first kappa shape index (κ1) is 12.4. The molecule has 0 aromatic rings. The molecule has 0 spiro atoms. The van der Waals surface area contributed by atoms with Crippen LogP contribution in [0, 0.1) is 0 Å². The Labute approximate surface area is 105 Å². The molecule has 0 radical (unpaired) electrons. The normalized spacial score (nSPS) is 29.2.